The number of amides is 1. The number of nitrogens with zero attached hydrogens (tertiary/aromatic N) is 2. The van der Waals surface area contributed by atoms with Gasteiger partial charge in [0.1, 0.15) is 17.3 Å². The molecule has 1 amide bonds. The van der Waals surface area contributed by atoms with Gasteiger partial charge in [-0.1, -0.05) is 12.1 Å². The van der Waals surface area contributed by atoms with Crippen LogP contribution < -0.4 is 11.2 Å². The lowest BCUT2D eigenvalue weighted by atomic mass is 9.61. The van der Waals surface area contributed by atoms with Crippen molar-refractivity contribution in [3.05, 3.63) is 75.8 Å². The quantitative estimate of drug-likeness (QED) is 0.203. The monoisotopic (exact) mass is 566 g/mol. The molecule has 208 valence electrons. The number of benzene rings is 2. The number of aryl methyl sites for hydroxylation is 2. The molecule has 0 bridgehead atoms. The van der Waals surface area contributed by atoms with E-state index in [9.17, 15) is 34.8 Å². The lowest BCUT2D eigenvalue weighted by Gasteiger charge is -2.45. The predicted molar refractivity (Wildman–Crippen MR) is 148 cm³/mol. The molecule has 1 aromatic heterocycles. The van der Waals surface area contributed by atoms with Crippen molar-refractivity contribution >= 4 is 46.4 Å². The van der Waals surface area contributed by atoms with Gasteiger partial charge in [-0.3, -0.25) is 19.4 Å². The number of carbonyl (C=O) groups excluding carboxylic acids is 3. The van der Waals surface area contributed by atoms with E-state index in [0.717, 1.165) is 0 Å². The highest BCUT2D eigenvalue weighted by molar-refractivity contribution is 6.27. The first-order valence-electron chi connectivity index (χ1n) is 12.1. The molecule has 11 nitrogen and oxygen atoms in total. The molecule has 3 atom stereocenters. The number of Topliss-reactive ketones (excluding diaryl/α,β-unsaturated/α-hetero) is 2. The van der Waals surface area contributed by atoms with Crippen molar-refractivity contribution in [3.8, 4) is 11.5 Å². The van der Waals surface area contributed by atoms with Crippen molar-refractivity contribution < 1.29 is 34.8 Å². The van der Waals surface area contributed by atoms with Gasteiger partial charge >= 0.3 is 0 Å². The van der Waals surface area contributed by atoms with Gasteiger partial charge in [-0.25, -0.2) is 5.43 Å². The molecule has 0 unspecified atom stereocenters. The average Bonchev–Trinajstić information content (AvgIpc) is 2.92. The molecular weight excluding hydrogens is 540 g/mol. The summed E-state index contributed by atoms with van der Waals surface area (Å²) in [6.45, 7) is 4.64. The third kappa shape index (κ3) is 3.93. The SMILES string of the molecule is C/C(=N\NC(=O)c1cccnc1)C1=C(O)[C@@]2(O)C(=O)c3c(c(C)c4ccc(C)c(O)c4c3O)C[C@H]2[C@@H](N)C1=O.Cl. The van der Waals surface area contributed by atoms with E-state index in [1.165, 1.54) is 25.4 Å². The van der Waals surface area contributed by atoms with E-state index in [4.69, 9.17) is 5.73 Å². The number of halogens is 1. The highest BCUT2D eigenvalue weighted by Crippen LogP contribution is 2.50. The van der Waals surface area contributed by atoms with Gasteiger partial charge in [0.2, 0.25) is 5.78 Å². The molecule has 2 aromatic carbocycles. The minimum absolute atomic E-state index is 0. The van der Waals surface area contributed by atoms with Crippen LogP contribution in [0.25, 0.3) is 10.8 Å². The Balaban J connectivity index is 0.00000370. The molecule has 0 spiro atoms. The number of fused-ring (bicyclic) bond motifs is 3. The molecule has 1 heterocycles. The highest BCUT2D eigenvalue weighted by Gasteiger charge is 2.60. The molecule has 0 fully saturated rings. The molecule has 2 aliphatic rings. The first kappa shape index (κ1) is 28.7. The summed E-state index contributed by atoms with van der Waals surface area (Å²) in [6, 6.07) is 5.00. The Morgan fingerprint density at radius 2 is 1.85 bits per heavy atom. The van der Waals surface area contributed by atoms with Crippen molar-refractivity contribution in [2.45, 2.75) is 38.8 Å². The zero-order chi connectivity index (χ0) is 28.4. The molecular formula is C28H27ClN4O7. The Morgan fingerprint density at radius 3 is 2.50 bits per heavy atom. The fourth-order valence-corrected chi connectivity index (χ4v) is 5.52. The van der Waals surface area contributed by atoms with Gasteiger partial charge < -0.3 is 26.2 Å². The van der Waals surface area contributed by atoms with Gasteiger partial charge in [0.05, 0.1) is 33.8 Å². The Labute approximate surface area is 234 Å². The van der Waals surface area contributed by atoms with Crippen molar-refractivity contribution in [3.63, 3.8) is 0 Å². The number of aliphatic hydroxyl groups excluding tert-OH is 1. The first-order chi connectivity index (χ1) is 18.4. The standard InChI is InChI=1S/C28H26N4O7.ClH/c1-11-6-7-15-12(2)16-9-17-21(29)24(35)18(13(3)31-32-27(38)14-5-4-8-30-10-14)25(36)28(17,39)26(37)20(16)23(34)19(15)22(11)33;/h4-8,10,17,21,33-34,36,39H,9,29H2,1-3H3,(H,32,38);1H/b31-13+;/t17-,21+,28+;/m0./s1. The number of hydrogen-bond acceptors (Lipinski definition) is 10. The zero-order valence-corrected chi connectivity index (χ0v) is 22.5. The summed E-state index contributed by atoms with van der Waals surface area (Å²) in [5.74, 6) is -5.47. The number of ketones is 2. The lowest BCUT2D eigenvalue weighted by molar-refractivity contribution is -0.122. The maximum Gasteiger partial charge on any atom is 0.272 e. The number of nitrogens with two attached hydrogens (primary N) is 1. The molecule has 12 heteroatoms. The fraction of sp³-hybridized carbons (Fsp3) is 0.250. The Bertz CT molecular complexity index is 1670. The number of nitrogens with one attached hydrogen (secondary N) is 1. The van der Waals surface area contributed by atoms with Gasteiger partial charge in [0.25, 0.3) is 5.91 Å². The summed E-state index contributed by atoms with van der Waals surface area (Å²) in [5.41, 5.74) is 6.44. The van der Waals surface area contributed by atoms with Gasteiger partial charge in [-0.05, 0) is 61.4 Å². The lowest BCUT2D eigenvalue weighted by Crippen LogP contribution is -2.63. The molecule has 3 aromatic rings. The van der Waals surface area contributed by atoms with Crippen molar-refractivity contribution in [1.29, 1.82) is 0 Å². The molecule has 7 N–H and O–H groups in total. The third-order valence-electron chi connectivity index (χ3n) is 7.74. The number of hydrogen-bond donors (Lipinski definition) is 6. The second-order valence-electron chi connectivity index (χ2n) is 9.88. The van der Waals surface area contributed by atoms with Crippen molar-refractivity contribution in [2.24, 2.45) is 16.8 Å². The maximum absolute atomic E-state index is 13.9. The fourth-order valence-electron chi connectivity index (χ4n) is 5.52. The molecule has 40 heavy (non-hydrogen) atoms. The number of aromatic nitrogens is 1. The van der Waals surface area contributed by atoms with E-state index >= 15 is 0 Å². The summed E-state index contributed by atoms with van der Waals surface area (Å²) < 4.78 is 0. The normalized spacial score (nSPS) is 22.5. The van der Waals surface area contributed by atoms with Crippen LogP contribution in [0.1, 0.15) is 44.3 Å². The number of phenols is 2. The van der Waals surface area contributed by atoms with Gasteiger partial charge in [-0.2, -0.15) is 5.10 Å². The zero-order valence-electron chi connectivity index (χ0n) is 21.7. The number of pyridine rings is 1. The summed E-state index contributed by atoms with van der Waals surface area (Å²) in [6.07, 6.45) is 2.68. The van der Waals surface area contributed by atoms with Gasteiger partial charge in [0.15, 0.2) is 11.4 Å². The summed E-state index contributed by atoms with van der Waals surface area (Å²) >= 11 is 0. The van der Waals surface area contributed by atoms with Gasteiger partial charge in [-0.15, -0.1) is 12.4 Å². The third-order valence-corrected chi connectivity index (χ3v) is 7.74. The average molecular weight is 567 g/mol. The van der Waals surface area contributed by atoms with Crippen LogP contribution in [0.3, 0.4) is 0 Å². The van der Waals surface area contributed by atoms with E-state index in [0.29, 0.717) is 22.1 Å². The van der Waals surface area contributed by atoms with Crippen LogP contribution in [0, 0.1) is 19.8 Å². The van der Waals surface area contributed by atoms with E-state index in [1.807, 2.05) is 0 Å². The molecule has 0 aliphatic heterocycles. The largest absolute Gasteiger partial charge is 0.508 e. The van der Waals surface area contributed by atoms with Crippen LogP contribution in [0.15, 0.2) is 53.1 Å². The maximum atomic E-state index is 13.9. The van der Waals surface area contributed by atoms with Crippen molar-refractivity contribution in [1.82, 2.24) is 10.4 Å². The number of rotatable bonds is 3. The Hall–Kier alpha value is -4.32. The highest BCUT2D eigenvalue weighted by atomic mass is 35.5. The van der Waals surface area contributed by atoms with Gasteiger partial charge in [0, 0.05) is 18.3 Å². The minimum Gasteiger partial charge on any atom is -0.508 e. The van der Waals surface area contributed by atoms with E-state index in [1.54, 1.807) is 32.0 Å². The number of aliphatic hydroxyl groups is 2. The topological polar surface area (TPSA) is 195 Å². The number of carbonyl (C=O) groups is 3. The molecule has 0 saturated carbocycles. The minimum atomic E-state index is -2.67. The molecule has 2 aliphatic carbocycles. The molecule has 5 rings (SSSR count). The summed E-state index contributed by atoms with van der Waals surface area (Å²) in [7, 11) is 0. The van der Waals surface area contributed by atoms with E-state index in [2.05, 4.69) is 15.5 Å². The van der Waals surface area contributed by atoms with Crippen LogP contribution in [-0.2, 0) is 11.2 Å². The summed E-state index contributed by atoms with van der Waals surface area (Å²) in [5, 5.41) is 49.2. The number of hydrazone groups is 1. The van der Waals surface area contributed by atoms with E-state index < -0.39 is 52.1 Å². The predicted octanol–water partition coefficient (Wildman–Crippen LogP) is 2.30. The second kappa shape index (κ2) is 10.0. The Morgan fingerprint density at radius 1 is 1.15 bits per heavy atom. The van der Waals surface area contributed by atoms with Crippen LogP contribution >= 0.6 is 12.4 Å². The van der Waals surface area contributed by atoms with Crippen LogP contribution in [-0.4, -0.2) is 60.2 Å². The first-order valence-corrected chi connectivity index (χ1v) is 12.1. The second-order valence-corrected chi connectivity index (χ2v) is 9.88. The number of aromatic hydroxyl groups is 2. The van der Waals surface area contributed by atoms with E-state index in [-0.39, 0.29) is 46.8 Å². The summed E-state index contributed by atoms with van der Waals surface area (Å²) in [4.78, 5) is 43.4. The number of phenolic OH excluding ortho intramolecular Hbond substituents is 2. The Kier molecular flexibility index (Phi) is 7.18. The van der Waals surface area contributed by atoms with Crippen LogP contribution in [0.5, 0.6) is 11.5 Å². The van der Waals surface area contributed by atoms with Crippen LogP contribution in [0.4, 0.5) is 0 Å². The molecule has 0 saturated heterocycles. The van der Waals surface area contributed by atoms with Crippen molar-refractivity contribution in [2.75, 3.05) is 0 Å². The molecule has 0 radical (unpaired) electrons. The van der Waals surface area contributed by atoms with Crippen LogP contribution in [0.2, 0.25) is 0 Å². The smallest absolute Gasteiger partial charge is 0.272 e.